The third-order valence-electron chi connectivity index (χ3n) is 3.84. The molecule has 2 N–H and O–H groups in total. The lowest BCUT2D eigenvalue weighted by molar-refractivity contribution is 0.391. The number of H-pyrrole nitrogens is 1. The summed E-state index contributed by atoms with van der Waals surface area (Å²) in [5.41, 5.74) is 0.969. The van der Waals surface area contributed by atoms with Crippen LogP contribution in [0.3, 0.4) is 0 Å². The van der Waals surface area contributed by atoms with Crippen LogP contribution in [-0.4, -0.2) is 51.6 Å². The van der Waals surface area contributed by atoms with Crippen molar-refractivity contribution in [2.75, 3.05) is 31.6 Å². The summed E-state index contributed by atoms with van der Waals surface area (Å²) in [7, 11) is 3.91. The molecule has 1 fully saturated rings. The van der Waals surface area contributed by atoms with Crippen molar-refractivity contribution >= 4 is 5.95 Å². The molecule has 1 aliphatic rings. The van der Waals surface area contributed by atoms with Gasteiger partial charge in [0.1, 0.15) is 0 Å². The van der Waals surface area contributed by atoms with Gasteiger partial charge in [-0.05, 0) is 32.4 Å². The van der Waals surface area contributed by atoms with Gasteiger partial charge in [0.05, 0.1) is 11.8 Å². The summed E-state index contributed by atoms with van der Waals surface area (Å²) in [4.78, 5) is 6.83. The number of rotatable bonds is 4. The number of aromatic amines is 1. The van der Waals surface area contributed by atoms with Crippen LogP contribution in [0.15, 0.2) is 12.4 Å². The van der Waals surface area contributed by atoms with E-state index < -0.39 is 0 Å². The Bertz CT molecular complexity index is 551. The highest BCUT2D eigenvalue weighted by Crippen LogP contribution is 2.22. The highest BCUT2D eigenvalue weighted by atomic mass is 15.4. The van der Waals surface area contributed by atoms with Gasteiger partial charge >= 0.3 is 0 Å². The van der Waals surface area contributed by atoms with Gasteiger partial charge in [-0.15, -0.1) is 5.10 Å². The van der Waals surface area contributed by atoms with Crippen molar-refractivity contribution in [2.45, 2.75) is 12.8 Å². The first-order valence-corrected chi connectivity index (χ1v) is 7.07. The minimum Gasteiger partial charge on any atom is -0.340 e. The van der Waals surface area contributed by atoms with Gasteiger partial charge in [-0.25, -0.2) is 0 Å². The third kappa shape index (κ3) is 2.67. The van der Waals surface area contributed by atoms with Crippen LogP contribution in [0.25, 0.3) is 11.4 Å². The molecular weight excluding hydrogens is 254 g/mol. The van der Waals surface area contributed by atoms with Gasteiger partial charge in [-0.1, -0.05) is 0 Å². The van der Waals surface area contributed by atoms with E-state index in [9.17, 15) is 0 Å². The molecule has 1 saturated heterocycles. The summed E-state index contributed by atoms with van der Waals surface area (Å²) in [6, 6.07) is 0. The van der Waals surface area contributed by atoms with E-state index in [1.54, 1.807) is 10.9 Å². The predicted octanol–water partition coefficient (Wildman–Crippen LogP) is 0.641. The molecule has 0 saturated carbocycles. The molecule has 0 amide bonds. The first-order valence-electron chi connectivity index (χ1n) is 7.07. The molecule has 0 aliphatic carbocycles. The standard InChI is InChI=1S/C13H21N7/c1-14-7-10-3-5-20(6-4-10)13-16-12(17-18-13)11-8-15-19(2)9-11/h8-10,14H,3-7H2,1-2H3,(H,16,17,18). The van der Waals surface area contributed by atoms with Crippen LogP contribution >= 0.6 is 0 Å². The third-order valence-corrected chi connectivity index (χ3v) is 3.84. The Morgan fingerprint density at radius 2 is 2.20 bits per heavy atom. The van der Waals surface area contributed by atoms with Crippen LogP contribution in [0.4, 0.5) is 5.95 Å². The fraction of sp³-hybridized carbons (Fsp3) is 0.615. The number of piperidine rings is 1. The van der Waals surface area contributed by atoms with Crippen molar-refractivity contribution in [3.05, 3.63) is 12.4 Å². The quantitative estimate of drug-likeness (QED) is 0.856. The number of nitrogens with zero attached hydrogens (tertiary/aromatic N) is 5. The molecule has 7 heteroatoms. The second-order valence-electron chi connectivity index (χ2n) is 5.37. The molecule has 0 unspecified atom stereocenters. The predicted molar refractivity (Wildman–Crippen MR) is 77.4 cm³/mol. The number of aryl methyl sites for hydroxylation is 1. The Labute approximate surface area is 118 Å². The highest BCUT2D eigenvalue weighted by molar-refractivity contribution is 5.53. The first-order chi connectivity index (χ1) is 9.76. The summed E-state index contributed by atoms with van der Waals surface area (Å²) in [5, 5.41) is 14.7. The van der Waals surface area contributed by atoms with Crippen molar-refractivity contribution in [1.82, 2.24) is 30.3 Å². The van der Waals surface area contributed by atoms with E-state index in [1.165, 1.54) is 12.8 Å². The van der Waals surface area contributed by atoms with Crippen LogP contribution in [0, 0.1) is 5.92 Å². The fourth-order valence-electron chi connectivity index (χ4n) is 2.69. The molecule has 20 heavy (non-hydrogen) atoms. The van der Waals surface area contributed by atoms with Gasteiger partial charge in [0.15, 0.2) is 5.82 Å². The Kier molecular flexibility index (Phi) is 3.68. The van der Waals surface area contributed by atoms with E-state index in [1.807, 2.05) is 20.3 Å². The van der Waals surface area contributed by atoms with Crippen LogP contribution < -0.4 is 10.2 Å². The molecule has 2 aromatic rings. The lowest BCUT2D eigenvalue weighted by Crippen LogP contribution is -2.37. The van der Waals surface area contributed by atoms with Gasteiger partial charge in [0.25, 0.3) is 0 Å². The summed E-state index contributed by atoms with van der Waals surface area (Å²) < 4.78 is 1.76. The smallest absolute Gasteiger partial charge is 0.245 e. The Hall–Kier alpha value is -1.89. The summed E-state index contributed by atoms with van der Waals surface area (Å²) in [5.74, 6) is 2.35. The van der Waals surface area contributed by atoms with E-state index >= 15 is 0 Å². The van der Waals surface area contributed by atoms with E-state index in [4.69, 9.17) is 0 Å². The van der Waals surface area contributed by atoms with Crippen molar-refractivity contribution in [2.24, 2.45) is 13.0 Å². The molecule has 3 rings (SSSR count). The zero-order valence-corrected chi connectivity index (χ0v) is 12.0. The molecule has 108 valence electrons. The Morgan fingerprint density at radius 1 is 1.40 bits per heavy atom. The van der Waals surface area contributed by atoms with Crippen LogP contribution in [-0.2, 0) is 7.05 Å². The average molecular weight is 275 g/mol. The summed E-state index contributed by atoms with van der Waals surface area (Å²) >= 11 is 0. The van der Waals surface area contributed by atoms with Crippen LogP contribution in [0.5, 0.6) is 0 Å². The molecular formula is C13H21N7. The maximum atomic E-state index is 4.58. The monoisotopic (exact) mass is 275 g/mol. The maximum absolute atomic E-state index is 4.58. The molecule has 0 bridgehead atoms. The molecule has 1 aliphatic heterocycles. The molecule has 3 heterocycles. The normalized spacial score (nSPS) is 16.8. The Morgan fingerprint density at radius 3 is 2.85 bits per heavy atom. The van der Waals surface area contributed by atoms with E-state index in [0.717, 1.165) is 42.9 Å². The summed E-state index contributed by atoms with van der Waals surface area (Å²) in [6.07, 6.45) is 6.11. The van der Waals surface area contributed by atoms with Crippen LogP contribution in [0.2, 0.25) is 0 Å². The van der Waals surface area contributed by atoms with Gasteiger partial charge in [0, 0.05) is 26.3 Å². The van der Waals surface area contributed by atoms with Gasteiger partial charge in [-0.3, -0.25) is 9.78 Å². The largest absolute Gasteiger partial charge is 0.340 e. The van der Waals surface area contributed by atoms with E-state index in [2.05, 4.69) is 30.5 Å². The van der Waals surface area contributed by atoms with Gasteiger partial charge < -0.3 is 10.2 Å². The number of aromatic nitrogens is 5. The number of hydrogen-bond donors (Lipinski definition) is 2. The minimum atomic E-state index is 0.771. The molecule has 0 atom stereocenters. The SMILES string of the molecule is CNCC1CCN(c2n[nH]c(-c3cnn(C)c3)n2)CC1. The van der Waals surface area contributed by atoms with Crippen molar-refractivity contribution in [3.8, 4) is 11.4 Å². The topological polar surface area (TPSA) is 74.7 Å². The molecule has 0 radical (unpaired) electrons. The Balaban J connectivity index is 1.66. The number of nitrogens with one attached hydrogen (secondary N) is 2. The van der Waals surface area contributed by atoms with Crippen molar-refractivity contribution in [3.63, 3.8) is 0 Å². The molecule has 0 aromatic carbocycles. The number of anilines is 1. The van der Waals surface area contributed by atoms with Crippen LogP contribution in [0.1, 0.15) is 12.8 Å². The first kappa shape index (κ1) is 13.1. The maximum Gasteiger partial charge on any atom is 0.245 e. The zero-order valence-electron chi connectivity index (χ0n) is 12.0. The van der Waals surface area contributed by atoms with Crippen molar-refractivity contribution < 1.29 is 0 Å². The molecule has 2 aromatic heterocycles. The number of hydrogen-bond acceptors (Lipinski definition) is 5. The van der Waals surface area contributed by atoms with Gasteiger partial charge in [-0.2, -0.15) is 10.1 Å². The average Bonchev–Trinajstić information content (AvgIpc) is 3.09. The van der Waals surface area contributed by atoms with Gasteiger partial charge in [0.2, 0.25) is 5.95 Å². The fourth-order valence-corrected chi connectivity index (χ4v) is 2.69. The highest BCUT2D eigenvalue weighted by Gasteiger charge is 2.21. The second kappa shape index (κ2) is 5.62. The zero-order chi connectivity index (χ0) is 13.9. The minimum absolute atomic E-state index is 0.771. The summed E-state index contributed by atoms with van der Waals surface area (Å²) in [6.45, 7) is 3.15. The van der Waals surface area contributed by atoms with Crippen molar-refractivity contribution in [1.29, 1.82) is 0 Å². The van der Waals surface area contributed by atoms with E-state index in [0.29, 0.717) is 0 Å². The molecule has 0 spiro atoms. The lowest BCUT2D eigenvalue weighted by Gasteiger charge is -2.30. The molecule has 7 nitrogen and oxygen atoms in total. The van der Waals surface area contributed by atoms with E-state index in [-0.39, 0.29) is 0 Å². The lowest BCUT2D eigenvalue weighted by atomic mass is 9.97. The second-order valence-corrected chi connectivity index (χ2v) is 5.37.